The first-order valence-electron chi connectivity index (χ1n) is 4.66. The van der Waals surface area contributed by atoms with E-state index in [4.69, 9.17) is 5.11 Å². The lowest BCUT2D eigenvalue weighted by Crippen LogP contribution is -2.54. The van der Waals surface area contributed by atoms with Crippen LogP contribution in [-0.4, -0.2) is 47.3 Å². The zero-order chi connectivity index (χ0) is 9.64. The third-order valence-corrected chi connectivity index (χ3v) is 3.50. The molecule has 0 radical (unpaired) electrons. The molecule has 0 aromatic heterocycles. The molecule has 4 heteroatoms. The van der Waals surface area contributed by atoms with Gasteiger partial charge in [-0.1, -0.05) is 0 Å². The van der Waals surface area contributed by atoms with Crippen molar-refractivity contribution < 1.29 is 15.0 Å². The molecule has 2 bridgehead atoms. The van der Waals surface area contributed by atoms with Gasteiger partial charge in [0.15, 0.2) is 0 Å². The Bertz CT molecular complexity index is 243. The Morgan fingerprint density at radius 1 is 1.62 bits per heavy atom. The van der Waals surface area contributed by atoms with E-state index in [9.17, 15) is 9.90 Å². The first-order chi connectivity index (χ1) is 6.06. The standard InChI is InChI=1S/C9H15NO3/c1-10-4-6-2-3-9(5-10,7(6)11)8(12)13/h6-7,11H,2-5H2,1H3,(H,12,13)/t6-,7-,9-/m0/s1. The Morgan fingerprint density at radius 2 is 2.31 bits per heavy atom. The molecule has 2 rings (SSSR count). The fourth-order valence-corrected chi connectivity index (χ4v) is 2.81. The number of likely N-dealkylation sites (tertiary alicyclic amines) is 1. The van der Waals surface area contributed by atoms with Crippen molar-refractivity contribution in [3.8, 4) is 0 Å². The van der Waals surface area contributed by atoms with Gasteiger partial charge in [0.1, 0.15) is 5.41 Å². The largest absolute Gasteiger partial charge is 0.481 e. The summed E-state index contributed by atoms with van der Waals surface area (Å²) in [4.78, 5) is 13.1. The van der Waals surface area contributed by atoms with Crippen molar-refractivity contribution in [3.63, 3.8) is 0 Å². The predicted molar refractivity (Wildman–Crippen MR) is 46.3 cm³/mol. The van der Waals surface area contributed by atoms with Gasteiger partial charge in [-0.3, -0.25) is 4.79 Å². The van der Waals surface area contributed by atoms with Crippen LogP contribution in [0.1, 0.15) is 12.8 Å². The highest BCUT2D eigenvalue weighted by molar-refractivity contribution is 5.76. The number of aliphatic hydroxyl groups is 1. The highest BCUT2D eigenvalue weighted by Gasteiger charge is 2.56. The van der Waals surface area contributed by atoms with Gasteiger partial charge in [0.25, 0.3) is 0 Å². The second-order valence-electron chi connectivity index (χ2n) is 4.40. The number of hydrogen-bond acceptors (Lipinski definition) is 3. The number of carbonyl (C=O) groups is 1. The van der Waals surface area contributed by atoms with Crippen molar-refractivity contribution in [1.29, 1.82) is 0 Å². The van der Waals surface area contributed by atoms with E-state index in [1.165, 1.54) is 0 Å². The van der Waals surface area contributed by atoms with E-state index < -0.39 is 17.5 Å². The van der Waals surface area contributed by atoms with Gasteiger partial charge >= 0.3 is 5.97 Å². The number of piperidine rings is 1. The fourth-order valence-electron chi connectivity index (χ4n) is 2.81. The maximum atomic E-state index is 11.1. The van der Waals surface area contributed by atoms with Gasteiger partial charge in [-0.25, -0.2) is 0 Å². The molecule has 2 fully saturated rings. The molecule has 1 saturated carbocycles. The van der Waals surface area contributed by atoms with Crippen LogP contribution in [0.2, 0.25) is 0 Å². The lowest BCUT2D eigenvalue weighted by Gasteiger charge is -2.39. The second kappa shape index (κ2) is 2.69. The molecule has 0 aromatic rings. The summed E-state index contributed by atoms with van der Waals surface area (Å²) in [5, 5.41) is 19.0. The lowest BCUT2D eigenvalue weighted by molar-refractivity contribution is -0.160. The van der Waals surface area contributed by atoms with E-state index in [-0.39, 0.29) is 5.92 Å². The van der Waals surface area contributed by atoms with Crippen molar-refractivity contribution in [2.24, 2.45) is 11.3 Å². The highest BCUT2D eigenvalue weighted by atomic mass is 16.4. The lowest BCUT2D eigenvalue weighted by atomic mass is 9.79. The van der Waals surface area contributed by atoms with Crippen LogP contribution >= 0.6 is 0 Å². The molecule has 0 unspecified atom stereocenters. The number of hydrogen-bond donors (Lipinski definition) is 2. The molecule has 1 heterocycles. The van der Waals surface area contributed by atoms with Gasteiger partial charge in [0.2, 0.25) is 0 Å². The molecule has 74 valence electrons. The Morgan fingerprint density at radius 3 is 2.92 bits per heavy atom. The molecule has 1 aliphatic heterocycles. The zero-order valence-electron chi connectivity index (χ0n) is 7.73. The molecule has 13 heavy (non-hydrogen) atoms. The summed E-state index contributed by atoms with van der Waals surface area (Å²) in [7, 11) is 1.92. The first-order valence-corrected chi connectivity index (χ1v) is 4.66. The second-order valence-corrected chi connectivity index (χ2v) is 4.40. The molecule has 1 saturated heterocycles. The van der Waals surface area contributed by atoms with E-state index in [0.717, 1.165) is 13.0 Å². The average Bonchev–Trinajstić information content (AvgIpc) is 2.31. The van der Waals surface area contributed by atoms with Crippen LogP contribution in [0.15, 0.2) is 0 Å². The van der Waals surface area contributed by atoms with E-state index in [0.29, 0.717) is 13.0 Å². The molecule has 2 N–H and O–H groups in total. The fraction of sp³-hybridized carbons (Fsp3) is 0.889. The van der Waals surface area contributed by atoms with Crippen LogP contribution in [0.5, 0.6) is 0 Å². The predicted octanol–water partition coefficient (Wildman–Crippen LogP) is -0.226. The summed E-state index contributed by atoms with van der Waals surface area (Å²) >= 11 is 0. The molecule has 0 spiro atoms. The molecular weight excluding hydrogens is 170 g/mol. The Labute approximate surface area is 77.2 Å². The van der Waals surface area contributed by atoms with E-state index >= 15 is 0 Å². The van der Waals surface area contributed by atoms with Crippen LogP contribution in [0.25, 0.3) is 0 Å². The van der Waals surface area contributed by atoms with E-state index in [1.807, 2.05) is 11.9 Å². The van der Waals surface area contributed by atoms with Gasteiger partial charge in [-0.05, 0) is 25.8 Å². The minimum atomic E-state index is -0.877. The Kier molecular flexibility index (Phi) is 1.85. The van der Waals surface area contributed by atoms with Crippen LogP contribution in [0.4, 0.5) is 0 Å². The van der Waals surface area contributed by atoms with E-state index in [1.54, 1.807) is 0 Å². The van der Waals surface area contributed by atoms with Crippen molar-refractivity contribution in [2.45, 2.75) is 18.9 Å². The van der Waals surface area contributed by atoms with Crippen molar-refractivity contribution >= 4 is 5.97 Å². The number of carboxylic acids is 1. The Balaban J connectivity index is 2.30. The quantitative estimate of drug-likeness (QED) is 0.592. The summed E-state index contributed by atoms with van der Waals surface area (Å²) in [6, 6.07) is 0. The van der Waals surface area contributed by atoms with Gasteiger partial charge in [0.05, 0.1) is 6.10 Å². The molecule has 0 amide bonds. The SMILES string of the molecule is CN1C[C@@H]2CC[C@](C(=O)O)(C1)[C@H]2O. The molecule has 1 aliphatic carbocycles. The van der Waals surface area contributed by atoms with Crippen molar-refractivity contribution in [3.05, 3.63) is 0 Å². The topological polar surface area (TPSA) is 60.8 Å². The number of carboxylic acid groups (broad SMARTS) is 1. The minimum Gasteiger partial charge on any atom is -0.481 e. The number of nitrogens with zero attached hydrogens (tertiary/aromatic N) is 1. The molecule has 3 atom stereocenters. The number of aliphatic carboxylic acids is 1. The molecule has 2 aliphatic rings. The minimum absolute atomic E-state index is 0.162. The van der Waals surface area contributed by atoms with Crippen LogP contribution < -0.4 is 0 Å². The van der Waals surface area contributed by atoms with Crippen LogP contribution in [0.3, 0.4) is 0 Å². The average molecular weight is 185 g/mol. The summed E-state index contributed by atoms with van der Waals surface area (Å²) in [5.41, 5.74) is -0.877. The van der Waals surface area contributed by atoms with Gasteiger partial charge < -0.3 is 15.1 Å². The third kappa shape index (κ3) is 1.09. The highest BCUT2D eigenvalue weighted by Crippen LogP contribution is 2.46. The maximum absolute atomic E-state index is 11.1. The molecular formula is C9H15NO3. The summed E-state index contributed by atoms with van der Waals surface area (Å²) in [6.45, 7) is 1.32. The van der Waals surface area contributed by atoms with Gasteiger partial charge in [-0.2, -0.15) is 0 Å². The number of fused-ring (bicyclic) bond motifs is 2. The van der Waals surface area contributed by atoms with Crippen molar-refractivity contribution in [1.82, 2.24) is 4.90 Å². The summed E-state index contributed by atoms with van der Waals surface area (Å²) < 4.78 is 0. The smallest absolute Gasteiger partial charge is 0.313 e. The summed E-state index contributed by atoms with van der Waals surface area (Å²) in [5.74, 6) is -0.677. The molecule has 0 aromatic carbocycles. The normalized spacial score (nSPS) is 45.1. The zero-order valence-corrected chi connectivity index (χ0v) is 7.73. The number of rotatable bonds is 1. The Hall–Kier alpha value is -0.610. The van der Waals surface area contributed by atoms with Gasteiger partial charge in [-0.15, -0.1) is 0 Å². The molecule has 4 nitrogen and oxygen atoms in total. The van der Waals surface area contributed by atoms with Crippen LogP contribution in [-0.2, 0) is 4.79 Å². The summed E-state index contributed by atoms with van der Waals surface area (Å²) in [6.07, 6.45) is 0.831. The van der Waals surface area contributed by atoms with E-state index in [2.05, 4.69) is 0 Å². The van der Waals surface area contributed by atoms with Gasteiger partial charge in [0, 0.05) is 13.1 Å². The maximum Gasteiger partial charge on any atom is 0.313 e. The van der Waals surface area contributed by atoms with Crippen molar-refractivity contribution in [2.75, 3.05) is 20.1 Å². The van der Waals surface area contributed by atoms with Crippen LogP contribution in [0, 0.1) is 11.3 Å². The monoisotopic (exact) mass is 185 g/mol. The third-order valence-electron chi connectivity index (χ3n) is 3.50. The first kappa shape index (κ1) is 8.97. The number of aliphatic hydroxyl groups excluding tert-OH is 1.